The fourth-order valence-corrected chi connectivity index (χ4v) is 3.67. The Balaban J connectivity index is 1.78. The van der Waals surface area contributed by atoms with E-state index in [1.807, 2.05) is 0 Å². The van der Waals surface area contributed by atoms with Gasteiger partial charge in [0.2, 0.25) is 5.91 Å². The SMILES string of the molecule is O=C(CN(CCO)C1CCCCC1)NC1CCCCC1. The molecule has 0 aromatic carbocycles. The van der Waals surface area contributed by atoms with Crippen LogP contribution in [0.1, 0.15) is 64.2 Å². The molecule has 4 nitrogen and oxygen atoms in total. The normalized spacial score (nSPS) is 22.1. The lowest BCUT2D eigenvalue weighted by atomic mass is 9.94. The van der Waals surface area contributed by atoms with Gasteiger partial charge in [0.25, 0.3) is 0 Å². The zero-order chi connectivity index (χ0) is 14.2. The first-order chi connectivity index (χ1) is 9.79. The molecule has 2 rings (SSSR count). The van der Waals surface area contributed by atoms with Crippen LogP contribution in [0.15, 0.2) is 0 Å². The molecule has 2 fully saturated rings. The monoisotopic (exact) mass is 282 g/mol. The van der Waals surface area contributed by atoms with E-state index in [-0.39, 0.29) is 12.5 Å². The number of carbonyl (C=O) groups excluding carboxylic acids is 1. The van der Waals surface area contributed by atoms with Gasteiger partial charge in [-0.1, -0.05) is 38.5 Å². The van der Waals surface area contributed by atoms with Crippen molar-refractivity contribution in [3.05, 3.63) is 0 Å². The highest BCUT2D eigenvalue weighted by atomic mass is 16.3. The molecule has 0 aliphatic heterocycles. The fraction of sp³-hybridized carbons (Fsp3) is 0.938. The molecule has 0 unspecified atom stereocenters. The zero-order valence-corrected chi connectivity index (χ0v) is 12.6. The van der Waals surface area contributed by atoms with Gasteiger partial charge < -0.3 is 10.4 Å². The lowest BCUT2D eigenvalue weighted by Crippen LogP contribution is -2.47. The van der Waals surface area contributed by atoms with E-state index < -0.39 is 0 Å². The Morgan fingerprint density at radius 1 is 1.00 bits per heavy atom. The van der Waals surface area contributed by atoms with Crippen LogP contribution < -0.4 is 5.32 Å². The van der Waals surface area contributed by atoms with Crippen LogP contribution in [0.5, 0.6) is 0 Å². The number of carbonyl (C=O) groups is 1. The molecule has 0 saturated heterocycles. The number of aliphatic hydroxyl groups is 1. The first kappa shape index (κ1) is 15.8. The quantitative estimate of drug-likeness (QED) is 0.784. The molecular weight excluding hydrogens is 252 g/mol. The topological polar surface area (TPSA) is 52.6 Å². The summed E-state index contributed by atoms with van der Waals surface area (Å²) < 4.78 is 0. The van der Waals surface area contributed by atoms with Gasteiger partial charge >= 0.3 is 0 Å². The molecule has 2 aliphatic rings. The standard InChI is InChI=1S/C16H30N2O2/c19-12-11-18(15-9-5-2-6-10-15)13-16(20)17-14-7-3-1-4-8-14/h14-15,19H,1-13H2,(H,17,20). The van der Waals surface area contributed by atoms with Crippen LogP contribution in [-0.2, 0) is 4.79 Å². The van der Waals surface area contributed by atoms with Crippen molar-refractivity contribution in [2.24, 2.45) is 0 Å². The predicted molar refractivity (Wildman–Crippen MR) is 80.5 cm³/mol. The van der Waals surface area contributed by atoms with Crippen LogP contribution >= 0.6 is 0 Å². The van der Waals surface area contributed by atoms with Crippen molar-refractivity contribution in [1.29, 1.82) is 0 Å². The Labute approximate surface area is 122 Å². The average Bonchev–Trinajstić information content (AvgIpc) is 2.49. The number of nitrogens with zero attached hydrogens (tertiary/aromatic N) is 1. The number of nitrogens with one attached hydrogen (secondary N) is 1. The highest BCUT2D eigenvalue weighted by Crippen LogP contribution is 2.22. The molecule has 2 aliphatic carbocycles. The number of hydrogen-bond donors (Lipinski definition) is 2. The zero-order valence-electron chi connectivity index (χ0n) is 12.6. The third kappa shape index (κ3) is 5.06. The Bertz CT molecular complexity index is 284. The molecule has 20 heavy (non-hydrogen) atoms. The Kier molecular flexibility index (Phi) is 6.80. The molecule has 0 aromatic heterocycles. The minimum atomic E-state index is 0.146. The number of hydrogen-bond acceptors (Lipinski definition) is 3. The minimum Gasteiger partial charge on any atom is -0.395 e. The van der Waals surface area contributed by atoms with E-state index in [4.69, 9.17) is 0 Å². The summed E-state index contributed by atoms with van der Waals surface area (Å²) in [6.07, 6.45) is 12.3. The maximum Gasteiger partial charge on any atom is 0.234 e. The van der Waals surface area contributed by atoms with Crippen molar-refractivity contribution in [1.82, 2.24) is 10.2 Å². The van der Waals surface area contributed by atoms with E-state index in [1.54, 1.807) is 0 Å². The fourth-order valence-electron chi connectivity index (χ4n) is 3.67. The van der Waals surface area contributed by atoms with Gasteiger partial charge in [0.05, 0.1) is 13.2 Å². The van der Waals surface area contributed by atoms with Crippen LogP contribution in [0, 0.1) is 0 Å². The van der Waals surface area contributed by atoms with Crippen molar-refractivity contribution in [2.45, 2.75) is 76.3 Å². The Morgan fingerprint density at radius 2 is 1.60 bits per heavy atom. The van der Waals surface area contributed by atoms with Gasteiger partial charge in [0.1, 0.15) is 0 Å². The maximum absolute atomic E-state index is 12.2. The van der Waals surface area contributed by atoms with Gasteiger partial charge in [-0.3, -0.25) is 9.69 Å². The lowest BCUT2D eigenvalue weighted by molar-refractivity contribution is -0.124. The minimum absolute atomic E-state index is 0.146. The number of aliphatic hydroxyl groups excluding tert-OH is 1. The van der Waals surface area contributed by atoms with Crippen molar-refractivity contribution >= 4 is 5.91 Å². The summed E-state index contributed by atoms with van der Waals surface area (Å²) in [7, 11) is 0. The summed E-state index contributed by atoms with van der Waals surface area (Å²) in [5, 5.41) is 12.4. The Hall–Kier alpha value is -0.610. The van der Waals surface area contributed by atoms with Crippen molar-refractivity contribution in [2.75, 3.05) is 19.7 Å². The molecule has 1 amide bonds. The maximum atomic E-state index is 12.2. The second kappa shape index (κ2) is 8.63. The number of rotatable bonds is 6. The first-order valence-corrected chi connectivity index (χ1v) is 8.44. The van der Waals surface area contributed by atoms with Gasteiger partial charge in [-0.05, 0) is 25.7 Å². The Morgan fingerprint density at radius 3 is 2.20 bits per heavy atom. The van der Waals surface area contributed by atoms with E-state index in [0.717, 1.165) is 12.8 Å². The van der Waals surface area contributed by atoms with Crippen LogP contribution in [0.25, 0.3) is 0 Å². The second-order valence-corrected chi connectivity index (χ2v) is 6.39. The molecule has 2 saturated carbocycles. The van der Waals surface area contributed by atoms with Gasteiger partial charge in [-0.25, -0.2) is 0 Å². The van der Waals surface area contributed by atoms with Gasteiger partial charge in [0.15, 0.2) is 0 Å². The van der Waals surface area contributed by atoms with E-state index >= 15 is 0 Å². The van der Waals surface area contributed by atoms with Crippen LogP contribution in [0.3, 0.4) is 0 Å². The van der Waals surface area contributed by atoms with Crippen LogP contribution in [0.2, 0.25) is 0 Å². The second-order valence-electron chi connectivity index (χ2n) is 6.39. The van der Waals surface area contributed by atoms with E-state index in [0.29, 0.717) is 25.2 Å². The summed E-state index contributed by atoms with van der Waals surface area (Å²) in [5.41, 5.74) is 0. The molecule has 0 radical (unpaired) electrons. The summed E-state index contributed by atoms with van der Waals surface area (Å²) in [4.78, 5) is 14.4. The molecule has 0 spiro atoms. The van der Waals surface area contributed by atoms with Crippen LogP contribution in [0.4, 0.5) is 0 Å². The van der Waals surface area contributed by atoms with E-state index in [2.05, 4.69) is 10.2 Å². The van der Waals surface area contributed by atoms with Gasteiger partial charge in [-0.2, -0.15) is 0 Å². The molecule has 116 valence electrons. The average molecular weight is 282 g/mol. The molecule has 2 N–H and O–H groups in total. The summed E-state index contributed by atoms with van der Waals surface area (Å²) in [6.45, 7) is 1.23. The summed E-state index contributed by atoms with van der Waals surface area (Å²) in [5.74, 6) is 0.149. The number of amides is 1. The molecule has 0 aromatic rings. The third-order valence-corrected chi connectivity index (χ3v) is 4.80. The van der Waals surface area contributed by atoms with Crippen molar-refractivity contribution < 1.29 is 9.90 Å². The van der Waals surface area contributed by atoms with Crippen molar-refractivity contribution in [3.8, 4) is 0 Å². The first-order valence-electron chi connectivity index (χ1n) is 8.44. The molecule has 4 heteroatoms. The molecule has 0 heterocycles. The smallest absolute Gasteiger partial charge is 0.234 e. The lowest BCUT2D eigenvalue weighted by Gasteiger charge is -2.34. The largest absolute Gasteiger partial charge is 0.395 e. The third-order valence-electron chi connectivity index (χ3n) is 4.80. The van der Waals surface area contributed by atoms with E-state index in [1.165, 1.54) is 51.4 Å². The predicted octanol–water partition coefficient (Wildman–Crippen LogP) is 2.06. The van der Waals surface area contributed by atoms with Crippen LogP contribution in [-0.4, -0.2) is 47.7 Å². The van der Waals surface area contributed by atoms with Gasteiger partial charge in [0, 0.05) is 18.6 Å². The molecular formula is C16H30N2O2. The summed E-state index contributed by atoms with van der Waals surface area (Å²) >= 11 is 0. The van der Waals surface area contributed by atoms with Gasteiger partial charge in [-0.15, -0.1) is 0 Å². The molecule has 0 atom stereocenters. The van der Waals surface area contributed by atoms with Crippen molar-refractivity contribution in [3.63, 3.8) is 0 Å². The summed E-state index contributed by atoms with van der Waals surface area (Å²) in [6, 6.07) is 0.881. The highest BCUT2D eigenvalue weighted by Gasteiger charge is 2.24. The molecule has 0 bridgehead atoms. The highest BCUT2D eigenvalue weighted by molar-refractivity contribution is 5.78. The van der Waals surface area contributed by atoms with E-state index in [9.17, 15) is 9.90 Å².